The van der Waals surface area contributed by atoms with Crippen molar-refractivity contribution in [3.05, 3.63) is 22.4 Å². The number of nitrogens with zero attached hydrogens (tertiary/aromatic N) is 4. The molecule has 1 aliphatic rings. The van der Waals surface area contributed by atoms with Gasteiger partial charge in [-0.2, -0.15) is 0 Å². The molecule has 0 unspecified atom stereocenters. The summed E-state index contributed by atoms with van der Waals surface area (Å²) in [6.45, 7) is 4.22. The zero-order valence-electron chi connectivity index (χ0n) is 15.5. The molecule has 0 bridgehead atoms. The summed E-state index contributed by atoms with van der Waals surface area (Å²) >= 11 is 3.48. The maximum atomic E-state index is 11.8. The largest absolute Gasteiger partial charge is 0.357 e. The molecule has 1 aliphatic heterocycles. The van der Waals surface area contributed by atoms with Crippen molar-refractivity contribution in [1.29, 1.82) is 0 Å². The number of piperidine rings is 1. The van der Waals surface area contributed by atoms with Crippen molar-refractivity contribution >= 4 is 57.7 Å². The van der Waals surface area contributed by atoms with E-state index in [4.69, 9.17) is 0 Å². The molecule has 1 N–H and O–H groups in total. The highest BCUT2D eigenvalue weighted by Crippen LogP contribution is 2.15. The number of halogens is 2. The number of hydrogen-bond donors (Lipinski definition) is 1. The van der Waals surface area contributed by atoms with Gasteiger partial charge in [-0.25, -0.2) is 0 Å². The summed E-state index contributed by atoms with van der Waals surface area (Å²) in [6, 6.07) is 2.07. The molecule has 26 heavy (non-hydrogen) atoms. The van der Waals surface area contributed by atoms with Gasteiger partial charge in [0.1, 0.15) is 0 Å². The lowest BCUT2D eigenvalue weighted by molar-refractivity contribution is -0.147. The van der Waals surface area contributed by atoms with Crippen LogP contribution in [-0.4, -0.2) is 58.8 Å². The van der Waals surface area contributed by atoms with E-state index in [1.54, 1.807) is 0 Å². The van der Waals surface area contributed by atoms with Crippen LogP contribution in [0.15, 0.2) is 21.7 Å². The van der Waals surface area contributed by atoms with Gasteiger partial charge >= 0.3 is 0 Å². The standard InChI is InChI=1S/C17H26BrN5O2.HI/c1-4-19-17(22(3)12-14-10-13(18)11-21(14)2)20-8-9-23-15(24)6-5-7-16(23)25;/h10-11H,4-9,12H2,1-3H3,(H,19,20);1H. The lowest BCUT2D eigenvalue weighted by Gasteiger charge is -2.25. The van der Waals surface area contributed by atoms with Gasteiger partial charge < -0.3 is 14.8 Å². The van der Waals surface area contributed by atoms with Crippen molar-refractivity contribution < 1.29 is 9.59 Å². The highest BCUT2D eigenvalue weighted by atomic mass is 127. The smallest absolute Gasteiger partial charge is 0.229 e. The number of amides is 2. The molecule has 1 aromatic heterocycles. The van der Waals surface area contributed by atoms with Crippen LogP contribution >= 0.6 is 39.9 Å². The fraction of sp³-hybridized carbons (Fsp3) is 0.588. The van der Waals surface area contributed by atoms with Crippen LogP contribution in [0.3, 0.4) is 0 Å². The maximum absolute atomic E-state index is 11.8. The number of rotatable bonds is 6. The minimum atomic E-state index is -0.0848. The van der Waals surface area contributed by atoms with Crippen molar-refractivity contribution in [3.63, 3.8) is 0 Å². The number of carbonyl (C=O) groups is 2. The first kappa shape index (κ1) is 22.9. The van der Waals surface area contributed by atoms with Crippen LogP contribution in [0, 0.1) is 0 Å². The number of imide groups is 1. The number of likely N-dealkylation sites (tertiary alicyclic amines) is 1. The first-order chi connectivity index (χ1) is 11.9. The van der Waals surface area contributed by atoms with Gasteiger partial charge in [-0.05, 0) is 35.3 Å². The maximum Gasteiger partial charge on any atom is 0.229 e. The fourth-order valence-electron chi connectivity index (χ4n) is 2.82. The Morgan fingerprint density at radius 2 is 2.00 bits per heavy atom. The molecule has 0 saturated carbocycles. The number of aryl methyl sites for hydroxylation is 1. The Morgan fingerprint density at radius 1 is 1.35 bits per heavy atom. The van der Waals surface area contributed by atoms with E-state index < -0.39 is 0 Å². The molecule has 9 heteroatoms. The highest BCUT2D eigenvalue weighted by molar-refractivity contribution is 14.0. The molecule has 146 valence electrons. The molecule has 7 nitrogen and oxygen atoms in total. The van der Waals surface area contributed by atoms with Crippen molar-refractivity contribution in [2.45, 2.75) is 32.7 Å². The van der Waals surface area contributed by atoms with Gasteiger partial charge in [0.05, 0.1) is 13.1 Å². The van der Waals surface area contributed by atoms with Crippen molar-refractivity contribution in [1.82, 2.24) is 19.7 Å². The van der Waals surface area contributed by atoms with Crippen LogP contribution in [0.25, 0.3) is 0 Å². The van der Waals surface area contributed by atoms with Gasteiger partial charge in [0, 0.05) is 56.4 Å². The number of aliphatic imine (C=N–C) groups is 1. The molecule has 0 radical (unpaired) electrons. The lowest BCUT2D eigenvalue weighted by atomic mass is 10.1. The number of nitrogens with one attached hydrogen (secondary N) is 1. The molecule has 1 fully saturated rings. The quantitative estimate of drug-likeness (QED) is 0.261. The predicted octanol–water partition coefficient (Wildman–Crippen LogP) is 2.34. The van der Waals surface area contributed by atoms with Gasteiger partial charge in [0.2, 0.25) is 11.8 Å². The number of carbonyl (C=O) groups excluding carboxylic acids is 2. The second-order valence-electron chi connectivity index (χ2n) is 6.14. The predicted molar refractivity (Wildman–Crippen MR) is 117 cm³/mol. The third-order valence-electron chi connectivity index (χ3n) is 4.14. The van der Waals surface area contributed by atoms with Crippen molar-refractivity contribution in [3.8, 4) is 0 Å². The van der Waals surface area contributed by atoms with Gasteiger partial charge in [-0.3, -0.25) is 19.5 Å². The van der Waals surface area contributed by atoms with Gasteiger partial charge in [-0.15, -0.1) is 24.0 Å². The Balaban J connectivity index is 0.00000338. The summed E-state index contributed by atoms with van der Waals surface area (Å²) in [5, 5.41) is 3.26. The van der Waals surface area contributed by atoms with Crippen LogP contribution in [0.1, 0.15) is 31.9 Å². The van der Waals surface area contributed by atoms with Gasteiger partial charge in [0.25, 0.3) is 0 Å². The average Bonchev–Trinajstić information content (AvgIpc) is 2.86. The second-order valence-corrected chi connectivity index (χ2v) is 7.06. The van der Waals surface area contributed by atoms with Gasteiger partial charge in [-0.1, -0.05) is 0 Å². The zero-order chi connectivity index (χ0) is 18.4. The van der Waals surface area contributed by atoms with E-state index in [1.807, 2.05) is 32.1 Å². The molecule has 1 saturated heterocycles. The summed E-state index contributed by atoms with van der Waals surface area (Å²) in [7, 11) is 3.98. The first-order valence-corrected chi connectivity index (χ1v) is 9.35. The molecule has 0 atom stereocenters. The fourth-order valence-corrected chi connectivity index (χ4v) is 3.39. The molecule has 1 aromatic rings. The minimum absolute atomic E-state index is 0. The summed E-state index contributed by atoms with van der Waals surface area (Å²) < 4.78 is 3.11. The van der Waals surface area contributed by atoms with Crippen LogP contribution in [0.5, 0.6) is 0 Å². The second kappa shape index (κ2) is 10.9. The summed E-state index contributed by atoms with van der Waals surface area (Å²) in [6.07, 6.45) is 3.59. The molecular formula is C17H27BrIN5O2. The number of aromatic nitrogens is 1. The third kappa shape index (κ3) is 6.26. The van der Waals surface area contributed by atoms with Gasteiger partial charge in [0.15, 0.2) is 5.96 Å². The summed E-state index contributed by atoms with van der Waals surface area (Å²) in [5.74, 6) is 0.591. The van der Waals surface area contributed by atoms with Crippen LogP contribution < -0.4 is 5.32 Å². The molecular weight excluding hydrogens is 513 g/mol. The molecule has 0 aromatic carbocycles. The Hall–Kier alpha value is -1.10. The zero-order valence-corrected chi connectivity index (χ0v) is 19.4. The van der Waals surface area contributed by atoms with Crippen LogP contribution in [0.4, 0.5) is 0 Å². The molecule has 2 amide bonds. The minimum Gasteiger partial charge on any atom is -0.357 e. The Labute approximate surface area is 180 Å². The Bertz CT molecular complexity index is 646. The van der Waals surface area contributed by atoms with Crippen LogP contribution in [0.2, 0.25) is 0 Å². The molecule has 0 aliphatic carbocycles. The Morgan fingerprint density at radius 3 is 2.54 bits per heavy atom. The molecule has 0 spiro atoms. The average molecular weight is 540 g/mol. The SMILES string of the molecule is CCNC(=NCCN1C(=O)CCCC1=O)N(C)Cc1cc(Br)cn1C.I. The summed E-state index contributed by atoms with van der Waals surface area (Å²) in [4.78, 5) is 31.6. The normalized spacial score (nSPS) is 15.1. The topological polar surface area (TPSA) is 69.9 Å². The van der Waals surface area contributed by atoms with Crippen molar-refractivity contribution in [2.75, 3.05) is 26.7 Å². The Kier molecular flexibility index (Phi) is 9.62. The molecule has 2 heterocycles. The van der Waals surface area contributed by atoms with E-state index in [0.29, 0.717) is 38.9 Å². The van der Waals surface area contributed by atoms with E-state index in [2.05, 4.69) is 36.9 Å². The highest BCUT2D eigenvalue weighted by Gasteiger charge is 2.25. The molecule has 2 rings (SSSR count). The monoisotopic (exact) mass is 539 g/mol. The van der Waals surface area contributed by atoms with E-state index in [0.717, 1.165) is 22.7 Å². The number of hydrogen-bond acceptors (Lipinski definition) is 3. The van der Waals surface area contributed by atoms with E-state index >= 15 is 0 Å². The van der Waals surface area contributed by atoms with E-state index in [9.17, 15) is 9.59 Å². The van der Waals surface area contributed by atoms with Crippen LogP contribution in [-0.2, 0) is 23.2 Å². The lowest BCUT2D eigenvalue weighted by Crippen LogP contribution is -2.42. The van der Waals surface area contributed by atoms with E-state index in [-0.39, 0.29) is 35.8 Å². The number of guanidine groups is 1. The first-order valence-electron chi connectivity index (χ1n) is 8.55. The van der Waals surface area contributed by atoms with Crippen molar-refractivity contribution in [2.24, 2.45) is 12.0 Å². The summed E-state index contributed by atoms with van der Waals surface area (Å²) in [5.41, 5.74) is 1.15. The van der Waals surface area contributed by atoms with E-state index in [1.165, 1.54) is 4.90 Å². The third-order valence-corrected chi connectivity index (χ3v) is 4.57.